The summed E-state index contributed by atoms with van der Waals surface area (Å²) in [5.74, 6) is -1.65. The van der Waals surface area contributed by atoms with Crippen LogP contribution in [0.2, 0.25) is 0 Å². The molecular weight excluding hydrogens is 336 g/mol. The van der Waals surface area contributed by atoms with Crippen LogP contribution in [0.25, 0.3) is 0 Å². The fraction of sp³-hybridized carbons (Fsp3) is 0.850. The van der Waals surface area contributed by atoms with Crippen LogP contribution in [0.5, 0.6) is 0 Å². The Morgan fingerprint density at radius 2 is 1.12 bits per heavy atom. The summed E-state index contributed by atoms with van der Waals surface area (Å²) < 4.78 is 9.78. The third-order valence-corrected chi connectivity index (χ3v) is 4.13. The van der Waals surface area contributed by atoms with Gasteiger partial charge in [0.15, 0.2) is 6.61 Å². The number of ether oxygens (including phenoxy) is 2. The van der Waals surface area contributed by atoms with E-state index < -0.39 is 18.5 Å². The predicted molar refractivity (Wildman–Crippen MR) is 99.9 cm³/mol. The van der Waals surface area contributed by atoms with Gasteiger partial charge < -0.3 is 14.6 Å². The molecule has 0 fully saturated rings. The van der Waals surface area contributed by atoms with Crippen molar-refractivity contribution in [2.75, 3.05) is 13.2 Å². The Bertz CT molecular complexity index is 380. The van der Waals surface area contributed by atoms with Crippen molar-refractivity contribution in [2.24, 2.45) is 0 Å². The van der Waals surface area contributed by atoms with Crippen LogP contribution in [-0.2, 0) is 23.9 Å². The Labute approximate surface area is 157 Å². The van der Waals surface area contributed by atoms with Gasteiger partial charge in [0.2, 0.25) is 0 Å². The summed E-state index contributed by atoms with van der Waals surface area (Å²) in [5, 5.41) is 8.38. The van der Waals surface area contributed by atoms with E-state index in [0.29, 0.717) is 13.0 Å². The molecule has 0 saturated carbocycles. The van der Waals surface area contributed by atoms with Gasteiger partial charge in [0.05, 0.1) is 6.61 Å². The lowest BCUT2D eigenvalue weighted by atomic mass is 10.1. The Balaban J connectivity index is 3.25. The fourth-order valence-corrected chi connectivity index (χ4v) is 2.60. The lowest BCUT2D eigenvalue weighted by Gasteiger charge is -2.05. The van der Waals surface area contributed by atoms with Crippen LogP contribution < -0.4 is 0 Å². The van der Waals surface area contributed by atoms with E-state index in [1.807, 2.05) is 0 Å². The van der Waals surface area contributed by atoms with Gasteiger partial charge in [-0.1, -0.05) is 64.7 Å². The van der Waals surface area contributed by atoms with Crippen molar-refractivity contribution in [1.29, 1.82) is 0 Å². The first-order valence-electron chi connectivity index (χ1n) is 10.1. The van der Waals surface area contributed by atoms with Crippen LogP contribution in [0, 0.1) is 0 Å². The molecule has 0 rings (SSSR count). The van der Waals surface area contributed by atoms with Gasteiger partial charge in [-0.2, -0.15) is 0 Å². The van der Waals surface area contributed by atoms with Crippen molar-refractivity contribution in [3.05, 3.63) is 0 Å². The maximum absolute atomic E-state index is 11.5. The maximum atomic E-state index is 11.5. The molecule has 0 aromatic heterocycles. The highest BCUT2D eigenvalue weighted by atomic mass is 16.5. The quantitative estimate of drug-likeness (QED) is 0.278. The minimum absolute atomic E-state index is 0.0729. The lowest BCUT2D eigenvalue weighted by Crippen LogP contribution is -2.12. The molecule has 0 saturated heterocycles. The van der Waals surface area contributed by atoms with Crippen molar-refractivity contribution >= 4 is 17.9 Å². The molecule has 0 bridgehead atoms. The minimum Gasteiger partial charge on any atom is -0.479 e. The molecule has 26 heavy (non-hydrogen) atoms. The zero-order valence-corrected chi connectivity index (χ0v) is 16.3. The van der Waals surface area contributed by atoms with Gasteiger partial charge in [-0.25, -0.2) is 4.79 Å². The average molecular weight is 373 g/mol. The molecule has 6 heteroatoms. The molecule has 0 aliphatic heterocycles. The second-order valence-electron chi connectivity index (χ2n) is 6.66. The summed E-state index contributed by atoms with van der Waals surface area (Å²) in [6.07, 6.45) is 13.4. The molecule has 0 atom stereocenters. The first-order chi connectivity index (χ1) is 12.6. The van der Waals surface area contributed by atoms with E-state index in [1.165, 1.54) is 19.3 Å². The number of hydrogen-bond acceptors (Lipinski definition) is 5. The Hall–Kier alpha value is -1.59. The van der Waals surface area contributed by atoms with Gasteiger partial charge in [-0.05, 0) is 19.3 Å². The smallest absolute Gasteiger partial charge is 0.341 e. The molecule has 0 heterocycles. The van der Waals surface area contributed by atoms with Gasteiger partial charge >= 0.3 is 17.9 Å². The lowest BCUT2D eigenvalue weighted by molar-refractivity contribution is -0.155. The predicted octanol–water partition coefficient (Wildman–Crippen LogP) is 4.64. The Kier molecular flexibility index (Phi) is 17.1. The summed E-state index contributed by atoms with van der Waals surface area (Å²) in [5.41, 5.74) is 0. The van der Waals surface area contributed by atoms with Crippen LogP contribution >= 0.6 is 0 Å². The second kappa shape index (κ2) is 18.2. The Morgan fingerprint density at radius 1 is 0.654 bits per heavy atom. The van der Waals surface area contributed by atoms with Crippen molar-refractivity contribution in [2.45, 2.75) is 96.8 Å². The second-order valence-corrected chi connectivity index (χ2v) is 6.66. The van der Waals surface area contributed by atoms with Gasteiger partial charge in [-0.15, -0.1) is 0 Å². The number of carbonyl (C=O) groups excluding carboxylic acids is 2. The largest absolute Gasteiger partial charge is 0.479 e. The number of unbranched alkanes of at least 4 members (excludes halogenated alkanes) is 10. The van der Waals surface area contributed by atoms with Crippen LogP contribution in [0.3, 0.4) is 0 Å². The molecule has 0 aromatic rings. The third kappa shape index (κ3) is 18.7. The fourth-order valence-electron chi connectivity index (χ4n) is 2.60. The van der Waals surface area contributed by atoms with E-state index in [4.69, 9.17) is 9.84 Å². The average Bonchev–Trinajstić information content (AvgIpc) is 2.61. The van der Waals surface area contributed by atoms with Crippen LogP contribution in [0.4, 0.5) is 0 Å². The van der Waals surface area contributed by atoms with E-state index in [-0.39, 0.29) is 12.4 Å². The third-order valence-electron chi connectivity index (χ3n) is 4.13. The number of aliphatic carboxylic acids is 1. The van der Waals surface area contributed by atoms with E-state index in [9.17, 15) is 14.4 Å². The topological polar surface area (TPSA) is 89.9 Å². The van der Waals surface area contributed by atoms with Gasteiger partial charge in [0.25, 0.3) is 0 Å². The number of carbonyl (C=O) groups is 3. The summed E-state index contributed by atoms with van der Waals surface area (Å²) in [4.78, 5) is 33.0. The zero-order chi connectivity index (χ0) is 19.5. The minimum atomic E-state index is -1.13. The molecule has 1 N–H and O–H groups in total. The van der Waals surface area contributed by atoms with Crippen LogP contribution in [-0.4, -0.2) is 36.2 Å². The van der Waals surface area contributed by atoms with Crippen molar-refractivity contribution < 1.29 is 29.0 Å². The zero-order valence-electron chi connectivity index (χ0n) is 16.3. The highest BCUT2D eigenvalue weighted by Gasteiger charge is 2.05. The molecule has 0 spiro atoms. The molecule has 0 aromatic carbocycles. The molecule has 152 valence electrons. The van der Waals surface area contributed by atoms with Crippen molar-refractivity contribution in [3.63, 3.8) is 0 Å². The van der Waals surface area contributed by atoms with Gasteiger partial charge in [-0.3, -0.25) is 9.59 Å². The van der Waals surface area contributed by atoms with Crippen LogP contribution in [0.1, 0.15) is 96.8 Å². The highest BCUT2D eigenvalue weighted by Crippen LogP contribution is 2.10. The maximum Gasteiger partial charge on any atom is 0.341 e. The first-order valence-corrected chi connectivity index (χ1v) is 10.1. The number of esters is 2. The van der Waals surface area contributed by atoms with Gasteiger partial charge in [0.1, 0.15) is 0 Å². The number of rotatable bonds is 18. The molecule has 0 radical (unpaired) electrons. The van der Waals surface area contributed by atoms with E-state index in [0.717, 1.165) is 57.8 Å². The molecule has 0 aliphatic rings. The molecule has 0 amide bonds. The number of carboxylic acid groups (broad SMARTS) is 1. The van der Waals surface area contributed by atoms with Crippen LogP contribution in [0.15, 0.2) is 0 Å². The molecular formula is C20H36O6. The molecule has 6 nitrogen and oxygen atoms in total. The normalized spacial score (nSPS) is 10.5. The van der Waals surface area contributed by atoms with Crippen molar-refractivity contribution in [3.8, 4) is 0 Å². The molecule has 0 aliphatic carbocycles. The number of carboxylic acids is 1. The first kappa shape index (κ1) is 24.4. The number of hydrogen-bond donors (Lipinski definition) is 1. The SMILES string of the molecule is CCCCCCCC(=O)OCCCCCCCCCC(=O)OCC(=O)O. The van der Waals surface area contributed by atoms with Crippen molar-refractivity contribution in [1.82, 2.24) is 0 Å². The van der Waals surface area contributed by atoms with E-state index in [2.05, 4.69) is 11.7 Å². The van der Waals surface area contributed by atoms with Gasteiger partial charge in [0, 0.05) is 12.8 Å². The molecule has 0 unspecified atom stereocenters. The summed E-state index contributed by atoms with van der Waals surface area (Å²) >= 11 is 0. The van der Waals surface area contributed by atoms with E-state index in [1.54, 1.807) is 0 Å². The monoisotopic (exact) mass is 372 g/mol. The summed E-state index contributed by atoms with van der Waals surface area (Å²) in [7, 11) is 0. The van der Waals surface area contributed by atoms with E-state index >= 15 is 0 Å². The standard InChI is InChI=1S/C20H36O6/c1-2-3-4-8-11-14-19(23)25-16-13-10-7-5-6-9-12-15-20(24)26-17-18(21)22/h2-17H2,1H3,(H,21,22). The Morgan fingerprint density at radius 3 is 1.65 bits per heavy atom. The summed E-state index contributed by atoms with van der Waals surface area (Å²) in [6, 6.07) is 0. The highest BCUT2D eigenvalue weighted by molar-refractivity contribution is 5.75. The summed E-state index contributed by atoms with van der Waals surface area (Å²) in [6.45, 7) is 2.14.